The van der Waals surface area contributed by atoms with Crippen LogP contribution in [-0.2, 0) is 11.3 Å². The normalized spacial score (nSPS) is 16.7. The molecule has 0 unspecified atom stereocenters. The standard InChI is InChI=1S/C11H15N7O/c19-11(6-18-8-14-15-16-18)17-3-1-9(2-4-17)10-5-12-7-13-10/h5,7-9H,1-4,6H2,(H,12,13). The summed E-state index contributed by atoms with van der Waals surface area (Å²) < 4.78 is 1.45. The molecule has 8 nitrogen and oxygen atoms in total. The highest BCUT2D eigenvalue weighted by Gasteiger charge is 2.24. The fourth-order valence-electron chi connectivity index (χ4n) is 2.42. The van der Waals surface area contributed by atoms with Crippen molar-refractivity contribution >= 4 is 5.91 Å². The number of nitrogens with zero attached hydrogens (tertiary/aromatic N) is 6. The number of carbonyl (C=O) groups excluding carboxylic acids is 1. The molecule has 2 aromatic rings. The van der Waals surface area contributed by atoms with E-state index < -0.39 is 0 Å². The lowest BCUT2D eigenvalue weighted by Gasteiger charge is -2.31. The van der Waals surface area contributed by atoms with Crippen LogP contribution >= 0.6 is 0 Å². The van der Waals surface area contributed by atoms with Crippen LogP contribution in [0.3, 0.4) is 0 Å². The molecule has 0 atom stereocenters. The first-order valence-electron chi connectivity index (χ1n) is 6.30. The predicted molar refractivity (Wildman–Crippen MR) is 65.0 cm³/mol. The molecule has 3 heterocycles. The lowest BCUT2D eigenvalue weighted by molar-refractivity contribution is -0.133. The Morgan fingerprint density at radius 2 is 2.26 bits per heavy atom. The van der Waals surface area contributed by atoms with Gasteiger partial charge in [0, 0.05) is 30.9 Å². The molecule has 2 aromatic heterocycles. The quantitative estimate of drug-likeness (QED) is 0.826. The number of H-pyrrole nitrogens is 1. The Morgan fingerprint density at radius 3 is 2.89 bits per heavy atom. The van der Waals surface area contributed by atoms with E-state index in [1.54, 1.807) is 6.33 Å². The van der Waals surface area contributed by atoms with Crippen molar-refractivity contribution in [1.29, 1.82) is 0 Å². The van der Waals surface area contributed by atoms with Crippen LogP contribution in [0.1, 0.15) is 24.5 Å². The number of carbonyl (C=O) groups is 1. The van der Waals surface area contributed by atoms with Crippen LogP contribution in [0.2, 0.25) is 0 Å². The summed E-state index contributed by atoms with van der Waals surface area (Å²) in [5.74, 6) is 0.537. The second kappa shape index (κ2) is 5.17. The number of piperidine rings is 1. The van der Waals surface area contributed by atoms with Gasteiger partial charge < -0.3 is 9.88 Å². The fraction of sp³-hybridized carbons (Fsp3) is 0.545. The van der Waals surface area contributed by atoms with Crippen molar-refractivity contribution in [3.05, 3.63) is 24.5 Å². The molecule has 8 heteroatoms. The molecule has 0 saturated carbocycles. The molecule has 1 saturated heterocycles. The van der Waals surface area contributed by atoms with Gasteiger partial charge in [-0.15, -0.1) is 5.10 Å². The van der Waals surface area contributed by atoms with E-state index in [4.69, 9.17) is 0 Å². The van der Waals surface area contributed by atoms with E-state index >= 15 is 0 Å². The zero-order valence-electron chi connectivity index (χ0n) is 10.4. The van der Waals surface area contributed by atoms with Crippen LogP contribution in [0.5, 0.6) is 0 Å². The molecule has 3 rings (SSSR count). The van der Waals surface area contributed by atoms with Crippen molar-refractivity contribution in [3.63, 3.8) is 0 Å². The topological polar surface area (TPSA) is 92.6 Å². The van der Waals surface area contributed by atoms with Gasteiger partial charge in [0.05, 0.1) is 6.33 Å². The number of tetrazole rings is 1. The highest BCUT2D eigenvalue weighted by atomic mass is 16.2. The molecule has 1 fully saturated rings. The molecular formula is C11H15N7O. The third-order valence-electron chi connectivity index (χ3n) is 3.50. The SMILES string of the molecule is O=C(Cn1cnnn1)N1CCC(c2cnc[nH]2)CC1. The van der Waals surface area contributed by atoms with Crippen LogP contribution in [0.15, 0.2) is 18.9 Å². The van der Waals surface area contributed by atoms with Crippen molar-refractivity contribution in [1.82, 2.24) is 35.1 Å². The minimum atomic E-state index is 0.0651. The molecule has 0 bridgehead atoms. The van der Waals surface area contributed by atoms with Gasteiger partial charge in [-0.2, -0.15) is 0 Å². The molecule has 1 amide bonds. The summed E-state index contributed by atoms with van der Waals surface area (Å²) in [7, 11) is 0. The Kier molecular flexibility index (Phi) is 3.21. The largest absolute Gasteiger partial charge is 0.348 e. The van der Waals surface area contributed by atoms with Crippen molar-refractivity contribution in [2.24, 2.45) is 0 Å². The first-order valence-corrected chi connectivity index (χ1v) is 6.30. The summed E-state index contributed by atoms with van der Waals surface area (Å²) in [5.41, 5.74) is 1.16. The number of rotatable bonds is 3. The van der Waals surface area contributed by atoms with Crippen molar-refractivity contribution < 1.29 is 4.79 Å². The lowest BCUT2D eigenvalue weighted by Crippen LogP contribution is -2.39. The predicted octanol–water partition coefficient (Wildman–Crippen LogP) is -0.198. The number of nitrogens with one attached hydrogen (secondary N) is 1. The number of aromatic nitrogens is 6. The number of hydrogen-bond acceptors (Lipinski definition) is 5. The summed E-state index contributed by atoms with van der Waals surface area (Å²) in [6.45, 7) is 1.75. The first kappa shape index (κ1) is 11.8. The zero-order chi connectivity index (χ0) is 13.1. The Morgan fingerprint density at radius 1 is 1.42 bits per heavy atom. The van der Waals surface area contributed by atoms with E-state index in [-0.39, 0.29) is 12.5 Å². The molecule has 0 aliphatic carbocycles. The third-order valence-corrected chi connectivity index (χ3v) is 3.50. The second-order valence-corrected chi connectivity index (χ2v) is 4.67. The zero-order valence-corrected chi connectivity index (χ0v) is 10.4. The molecule has 1 N–H and O–H groups in total. The van der Waals surface area contributed by atoms with E-state index in [9.17, 15) is 4.79 Å². The van der Waals surface area contributed by atoms with Gasteiger partial charge in [0.1, 0.15) is 12.9 Å². The van der Waals surface area contributed by atoms with Gasteiger partial charge in [-0.1, -0.05) is 0 Å². The maximum absolute atomic E-state index is 12.0. The molecule has 0 spiro atoms. The monoisotopic (exact) mass is 261 g/mol. The fourth-order valence-corrected chi connectivity index (χ4v) is 2.42. The number of amides is 1. The molecule has 100 valence electrons. The van der Waals surface area contributed by atoms with Crippen LogP contribution in [0, 0.1) is 0 Å². The summed E-state index contributed by atoms with van der Waals surface area (Å²) in [6.07, 6.45) is 6.94. The number of likely N-dealkylation sites (tertiary alicyclic amines) is 1. The Labute approximate surface area is 109 Å². The van der Waals surface area contributed by atoms with Crippen LogP contribution in [0.25, 0.3) is 0 Å². The van der Waals surface area contributed by atoms with E-state index in [0.29, 0.717) is 5.92 Å². The lowest BCUT2D eigenvalue weighted by atomic mass is 9.94. The van der Waals surface area contributed by atoms with Gasteiger partial charge in [-0.3, -0.25) is 4.79 Å². The van der Waals surface area contributed by atoms with Crippen molar-refractivity contribution in [2.75, 3.05) is 13.1 Å². The highest BCUT2D eigenvalue weighted by molar-refractivity contribution is 5.75. The van der Waals surface area contributed by atoms with Crippen molar-refractivity contribution in [3.8, 4) is 0 Å². The number of aromatic amines is 1. The van der Waals surface area contributed by atoms with Crippen molar-refractivity contribution in [2.45, 2.75) is 25.3 Å². The Hall–Kier alpha value is -2.25. The maximum Gasteiger partial charge on any atom is 0.244 e. The molecule has 1 aliphatic heterocycles. The minimum Gasteiger partial charge on any atom is -0.348 e. The van der Waals surface area contributed by atoms with Crippen LogP contribution in [0.4, 0.5) is 0 Å². The average Bonchev–Trinajstić information content (AvgIpc) is 3.12. The van der Waals surface area contributed by atoms with Gasteiger partial charge in [-0.05, 0) is 23.3 Å². The molecule has 0 aromatic carbocycles. The third kappa shape index (κ3) is 2.61. The van der Waals surface area contributed by atoms with E-state index in [0.717, 1.165) is 31.6 Å². The Balaban J connectivity index is 1.54. The second-order valence-electron chi connectivity index (χ2n) is 4.67. The molecular weight excluding hydrogens is 246 g/mol. The van der Waals surface area contributed by atoms with Gasteiger partial charge in [0.15, 0.2) is 0 Å². The maximum atomic E-state index is 12.0. The van der Waals surface area contributed by atoms with E-state index in [1.165, 1.54) is 11.0 Å². The molecule has 19 heavy (non-hydrogen) atoms. The highest BCUT2D eigenvalue weighted by Crippen LogP contribution is 2.26. The smallest absolute Gasteiger partial charge is 0.244 e. The number of hydrogen-bond donors (Lipinski definition) is 1. The van der Waals surface area contributed by atoms with Crippen LogP contribution in [-0.4, -0.2) is 54.1 Å². The summed E-state index contributed by atoms with van der Waals surface area (Å²) >= 11 is 0. The van der Waals surface area contributed by atoms with Gasteiger partial charge in [-0.25, -0.2) is 9.67 Å². The number of imidazole rings is 1. The summed E-state index contributed by atoms with van der Waals surface area (Å²) in [4.78, 5) is 21.1. The summed E-state index contributed by atoms with van der Waals surface area (Å²) in [6, 6.07) is 0. The molecule has 1 aliphatic rings. The van der Waals surface area contributed by atoms with Gasteiger partial charge in [0.2, 0.25) is 5.91 Å². The van der Waals surface area contributed by atoms with Gasteiger partial charge >= 0.3 is 0 Å². The minimum absolute atomic E-state index is 0.0651. The van der Waals surface area contributed by atoms with E-state index in [2.05, 4.69) is 25.5 Å². The average molecular weight is 261 g/mol. The Bertz CT molecular complexity index is 513. The summed E-state index contributed by atoms with van der Waals surface area (Å²) in [5, 5.41) is 10.7. The molecule has 0 radical (unpaired) electrons. The van der Waals surface area contributed by atoms with E-state index in [1.807, 2.05) is 11.1 Å². The first-order chi connectivity index (χ1) is 9.33. The van der Waals surface area contributed by atoms with Gasteiger partial charge in [0.25, 0.3) is 0 Å². The van der Waals surface area contributed by atoms with Crippen LogP contribution < -0.4 is 0 Å².